The third kappa shape index (κ3) is 5.03. The number of nitrogens with one attached hydrogen (secondary N) is 1. The molecule has 0 aliphatic carbocycles. The third-order valence-corrected chi connectivity index (χ3v) is 7.18. The molecule has 6 nitrogen and oxygen atoms in total. The van der Waals surface area contributed by atoms with Crippen LogP contribution < -0.4 is 5.32 Å². The fourth-order valence-electron chi connectivity index (χ4n) is 3.38. The molecule has 1 unspecified atom stereocenters. The zero-order chi connectivity index (χ0) is 20.1. The van der Waals surface area contributed by atoms with Gasteiger partial charge in [-0.05, 0) is 56.8 Å². The van der Waals surface area contributed by atoms with Crippen molar-refractivity contribution in [1.29, 1.82) is 0 Å². The van der Waals surface area contributed by atoms with Crippen molar-refractivity contribution in [3.8, 4) is 0 Å². The highest BCUT2D eigenvalue weighted by Gasteiger charge is 2.26. The number of nitrogens with zero attached hydrogens (tertiary/aromatic N) is 3. The average Bonchev–Trinajstić information content (AvgIpc) is 2.70. The van der Waals surface area contributed by atoms with E-state index in [2.05, 4.69) is 15.2 Å². The summed E-state index contributed by atoms with van der Waals surface area (Å²) in [5.74, 6) is 0.651. The largest absolute Gasteiger partial charge is 0.368 e. The average molecular weight is 423 g/mol. The predicted octanol–water partition coefficient (Wildman–Crippen LogP) is 3.62. The van der Waals surface area contributed by atoms with Crippen LogP contribution in [0.25, 0.3) is 0 Å². The third-order valence-electron chi connectivity index (χ3n) is 5.04. The number of rotatable bonds is 7. The number of anilines is 1. The van der Waals surface area contributed by atoms with Crippen molar-refractivity contribution in [3.63, 3.8) is 0 Å². The van der Waals surface area contributed by atoms with Crippen LogP contribution in [-0.4, -0.2) is 56.3 Å². The number of piperidine rings is 1. The molecule has 0 amide bonds. The number of hydrogen-bond donors (Lipinski definition) is 1. The molecule has 1 fully saturated rings. The van der Waals surface area contributed by atoms with Crippen molar-refractivity contribution in [2.45, 2.75) is 30.2 Å². The number of likely N-dealkylation sites (N-methyl/N-ethyl adjacent to an activating group) is 1. The molecule has 0 saturated carbocycles. The van der Waals surface area contributed by atoms with Gasteiger partial charge in [0, 0.05) is 30.9 Å². The Balaban J connectivity index is 1.67. The second-order valence-electron chi connectivity index (χ2n) is 7.26. The van der Waals surface area contributed by atoms with Gasteiger partial charge in [0.1, 0.15) is 10.7 Å². The van der Waals surface area contributed by atoms with Gasteiger partial charge in [0.2, 0.25) is 10.0 Å². The Kier molecular flexibility index (Phi) is 6.93. The highest BCUT2D eigenvalue weighted by molar-refractivity contribution is 7.89. The van der Waals surface area contributed by atoms with Crippen molar-refractivity contribution in [3.05, 3.63) is 53.2 Å². The first-order valence-corrected chi connectivity index (χ1v) is 11.3. The van der Waals surface area contributed by atoms with Crippen LogP contribution in [0.5, 0.6) is 0 Å². The van der Waals surface area contributed by atoms with E-state index in [0.717, 1.165) is 24.8 Å². The second-order valence-corrected chi connectivity index (χ2v) is 9.63. The molecule has 1 aliphatic heterocycles. The summed E-state index contributed by atoms with van der Waals surface area (Å²) in [5, 5.41) is 4.01. The van der Waals surface area contributed by atoms with E-state index in [4.69, 9.17) is 11.6 Å². The maximum atomic E-state index is 12.7. The van der Waals surface area contributed by atoms with Crippen LogP contribution in [0.15, 0.2) is 47.5 Å². The molecule has 8 heteroatoms. The molecule has 1 aromatic carbocycles. The fraction of sp³-hybridized carbons (Fsp3) is 0.450. The first-order valence-electron chi connectivity index (χ1n) is 9.50. The van der Waals surface area contributed by atoms with Gasteiger partial charge in [-0.3, -0.25) is 0 Å². The number of aromatic nitrogens is 1. The molecular formula is C20H27ClN4O2S. The molecule has 1 saturated heterocycles. The number of benzene rings is 1. The zero-order valence-electron chi connectivity index (χ0n) is 16.3. The number of halogens is 1. The predicted molar refractivity (Wildman–Crippen MR) is 113 cm³/mol. The summed E-state index contributed by atoms with van der Waals surface area (Å²) in [6, 6.07) is 11.3. The van der Waals surface area contributed by atoms with Gasteiger partial charge in [-0.25, -0.2) is 13.4 Å². The van der Waals surface area contributed by atoms with Crippen molar-refractivity contribution >= 4 is 27.4 Å². The van der Waals surface area contributed by atoms with Crippen LogP contribution in [0.1, 0.15) is 30.9 Å². The number of sulfonamides is 1. The molecule has 1 aliphatic rings. The Labute approximate surface area is 172 Å². The second kappa shape index (κ2) is 9.22. The molecule has 0 bridgehead atoms. The summed E-state index contributed by atoms with van der Waals surface area (Å²) in [6.45, 7) is 1.82. The summed E-state index contributed by atoms with van der Waals surface area (Å²) in [7, 11) is 0.585. The zero-order valence-corrected chi connectivity index (χ0v) is 17.9. The summed E-state index contributed by atoms with van der Waals surface area (Å²) < 4.78 is 27.0. The van der Waals surface area contributed by atoms with Gasteiger partial charge in [0.15, 0.2) is 0 Å². The lowest BCUT2D eigenvalue weighted by atomic mass is 10.1. The van der Waals surface area contributed by atoms with E-state index in [1.54, 1.807) is 16.4 Å². The summed E-state index contributed by atoms with van der Waals surface area (Å²) in [4.78, 5) is 6.69. The molecule has 1 atom stereocenters. The van der Waals surface area contributed by atoms with Gasteiger partial charge in [-0.2, -0.15) is 4.31 Å². The van der Waals surface area contributed by atoms with Crippen LogP contribution in [0, 0.1) is 0 Å². The maximum absolute atomic E-state index is 12.7. The molecule has 2 aromatic rings. The molecular weight excluding hydrogens is 396 g/mol. The SMILES string of the molecule is CN(C)C(CNc1ccc(S(=O)(=O)N2CCCCC2)cn1)c1ccc(Cl)cc1. The van der Waals surface area contributed by atoms with Crippen molar-refractivity contribution in [1.82, 2.24) is 14.2 Å². The van der Waals surface area contributed by atoms with Crippen molar-refractivity contribution in [2.75, 3.05) is 39.0 Å². The summed E-state index contributed by atoms with van der Waals surface area (Å²) in [6.07, 6.45) is 4.37. The Morgan fingerprint density at radius 1 is 1.11 bits per heavy atom. The van der Waals surface area contributed by atoms with E-state index in [1.807, 2.05) is 38.4 Å². The maximum Gasteiger partial charge on any atom is 0.244 e. The first-order chi connectivity index (χ1) is 13.4. The lowest BCUT2D eigenvalue weighted by molar-refractivity contribution is 0.311. The molecule has 3 rings (SSSR count). The van der Waals surface area contributed by atoms with E-state index in [9.17, 15) is 8.42 Å². The minimum atomic E-state index is -3.45. The molecule has 0 spiro atoms. The van der Waals surface area contributed by atoms with Gasteiger partial charge in [0.05, 0.1) is 6.04 Å². The van der Waals surface area contributed by atoms with Gasteiger partial charge < -0.3 is 10.2 Å². The smallest absolute Gasteiger partial charge is 0.244 e. The van der Waals surface area contributed by atoms with Gasteiger partial charge in [0.25, 0.3) is 0 Å². The standard InChI is InChI=1S/C20H27ClN4O2S/c1-24(2)19(16-6-8-17(21)9-7-16)15-23-20-11-10-18(14-22-20)28(26,27)25-12-4-3-5-13-25/h6-11,14,19H,3-5,12-13,15H2,1-2H3,(H,22,23). The topological polar surface area (TPSA) is 65.5 Å². The summed E-state index contributed by atoms with van der Waals surface area (Å²) in [5.41, 5.74) is 1.14. The van der Waals surface area contributed by atoms with Crippen LogP contribution in [-0.2, 0) is 10.0 Å². The minimum Gasteiger partial charge on any atom is -0.368 e. The Bertz CT molecular complexity index is 864. The Morgan fingerprint density at radius 2 is 1.79 bits per heavy atom. The van der Waals surface area contributed by atoms with E-state index in [1.165, 1.54) is 6.20 Å². The van der Waals surface area contributed by atoms with E-state index < -0.39 is 10.0 Å². The van der Waals surface area contributed by atoms with Crippen LogP contribution in [0.4, 0.5) is 5.82 Å². The van der Waals surface area contributed by atoms with Crippen LogP contribution in [0.2, 0.25) is 5.02 Å². The Morgan fingerprint density at radius 3 is 2.36 bits per heavy atom. The van der Waals surface area contributed by atoms with E-state index >= 15 is 0 Å². The monoisotopic (exact) mass is 422 g/mol. The van der Waals surface area contributed by atoms with Crippen molar-refractivity contribution < 1.29 is 8.42 Å². The Hall–Kier alpha value is -1.67. The number of hydrogen-bond acceptors (Lipinski definition) is 5. The summed E-state index contributed by atoms with van der Waals surface area (Å²) >= 11 is 5.98. The quantitative estimate of drug-likeness (QED) is 0.738. The van der Waals surface area contributed by atoms with Crippen LogP contribution in [0.3, 0.4) is 0 Å². The van der Waals surface area contributed by atoms with Gasteiger partial charge in [-0.15, -0.1) is 0 Å². The van der Waals surface area contributed by atoms with E-state index in [0.29, 0.717) is 30.5 Å². The molecule has 1 aromatic heterocycles. The van der Waals surface area contributed by atoms with Crippen LogP contribution >= 0.6 is 11.6 Å². The highest BCUT2D eigenvalue weighted by Crippen LogP contribution is 2.23. The highest BCUT2D eigenvalue weighted by atomic mass is 35.5. The molecule has 2 heterocycles. The van der Waals surface area contributed by atoms with E-state index in [-0.39, 0.29) is 10.9 Å². The first kappa shape index (κ1) is 21.0. The number of pyridine rings is 1. The normalized spacial score (nSPS) is 16.9. The molecule has 152 valence electrons. The molecule has 0 radical (unpaired) electrons. The molecule has 1 N–H and O–H groups in total. The lowest BCUT2D eigenvalue weighted by Crippen LogP contribution is -2.35. The van der Waals surface area contributed by atoms with Gasteiger partial charge in [-0.1, -0.05) is 30.2 Å². The lowest BCUT2D eigenvalue weighted by Gasteiger charge is -2.26. The van der Waals surface area contributed by atoms with Gasteiger partial charge >= 0.3 is 0 Å². The fourth-order valence-corrected chi connectivity index (χ4v) is 4.97. The molecule has 28 heavy (non-hydrogen) atoms. The van der Waals surface area contributed by atoms with Crippen molar-refractivity contribution in [2.24, 2.45) is 0 Å². The minimum absolute atomic E-state index is 0.135.